The molecule has 1 amide bonds. The summed E-state index contributed by atoms with van der Waals surface area (Å²) in [4.78, 5) is 12.1. The first kappa shape index (κ1) is 16.1. The lowest BCUT2D eigenvalue weighted by atomic mass is 10.1. The van der Waals surface area contributed by atoms with Gasteiger partial charge in [-0.3, -0.25) is 10.6 Å². The Bertz CT molecular complexity index is 428. The molecule has 0 bridgehead atoms. The Morgan fingerprint density at radius 1 is 1.53 bits per heavy atom. The molecule has 4 nitrogen and oxygen atoms in total. The third-order valence-corrected chi connectivity index (χ3v) is 3.83. The number of hydrogen-bond acceptors (Lipinski definition) is 4. The molecule has 0 aliphatic heterocycles. The van der Waals surface area contributed by atoms with Crippen LogP contribution in [0.1, 0.15) is 30.6 Å². The first-order valence-electron chi connectivity index (χ1n) is 6.23. The lowest BCUT2D eigenvalue weighted by Crippen LogP contribution is -2.33. The van der Waals surface area contributed by atoms with Gasteiger partial charge in [0, 0.05) is 11.1 Å². The fourth-order valence-electron chi connectivity index (χ4n) is 1.61. The van der Waals surface area contributed by atoms with Crippen molar-refractivity contribution in [1.29, 1.82) is 0 Å². The van der Waals surface area contributed by atoms with Gasteiger partial charge in [-0.05, 0) is 43.0 Å². The van der Waals surface area contributed by atoms with Gasteiger partial charge >= 0.3 is 0 Å². The predicted octanol–water partition coefficient (Wildman–Crippen LogP) is 2.89. The number of anilines is 1. The minimum Gasteiger partial charge on any atom is -0.349 e. The Kier molecular flexibility index (Phi) is 7.05. The monoisotopic (exact) mass is 301 g/mol. The minimum atomic E-state index is -0.163. The van der Waals surface area contributed by atoms with E-state index in [9.17, 15) is 4.79 Å². The van der Waals surface area contributed by atoms with Gasteiger partial charge in [-0.2, -0.15) is 11.8 Å². The molecule has 1 unspecified atom stereocenters. The average Bonchev–Trinajstić information content (AvgIpc) is 2.39. The van der Waals surface area contributed by atoms with Crippen LogP contribution in [0.4, 0.5) is 5.69 Å². The topological polar surface area (TPSA) is 67.2 Å². The standard InChI is InChI=1S/C13H20ClN3OS/c1-3-19-7-6-9(2)16-13(18)11-8-10(14)4-5-12(11)17-15/h4-5,8-9,17H,3,6-7,15H2,1-2H3,(H,16,18). The van der Waals surface area contributed by atoms with E-state index in [1.54, 1.807) is 18.2 Å². The largest absolute Gasteiger partial charge is 0.349 e. The van der Waals surface area contributed by atoms with Crippen LogP contribution in [0.25, 0.3) is 0 Å². The molecule has 0 aliphatic rings. The van der Waals surface area contributed by atoms with Crippen molar-refractivity contribution in [3.63, 3.8) is 0 Å². The highest BCUT2D eigenvalue weighted by Gasteiger charge is 2.14. The van der Waals surface area contributed by atoms with E-state index in [1.807, 2.05) is 18.7 Å². The second-order valence-corrected chi connectivity index (χ2v) is 6.02. The number of rotatable bonds is 7. The van der Waals surface area contributed by atoms with E-state index in [0.29, 0.717) is 16.3 Å². The fourth-order valence-corrected chi connectivity index (χ4v) is 2.59. The fraction of sp³-hybridized carbons (Fsp3) is 0.462. The first-order valence-corrected chi connectivity index (χ1v) is 7.76. The van der Waals surface area contributed by atoms with E-state index >= 15 is 0 Å². The van der Waals surface area contributed by atoms with E-state index in [1.165, 1.54) is 0 Å². The molecule has 1 aromatic carbocycles. The second kappa shape index (κ2) is 8.30. The number of thioether (sulfide) groups is 1. The maximum atomic E-state index is 12.1. The Hall–Kier alpha value is -0.910. The Morgan fingerprint density at radius 2 is 2.26 bits per heavy atom. The first-order chi connectivity index (χ1) is 9.08. The number of nitrogens with two attached hydrogens (primary N) is 1. The van der Waals surface area contributed by atoms with Gasteiger partial charge < -0.3 is 10.7 Å². The number of hydrazine groups is 1. The van der Waals surface area contributed by atoms with Crippen LogP contribution in [0.3, 0.4) is 0 Å². The van der Waals surface area contributed by atoms with Crippen LogP contribution >= 0.6 is 23.4 Å². The molecule has 0 aliphatic carbocycles. The molecule has 4 N–H and O–H groups in total. The van der Waals surface area contributed by atoms with Crippen LogP contribution in [-0.2, 0) is 0 Å². The molecule has 1 atom stereocenters. The van der Waals surface area contributed by atoms with Crippen LogP contribution in [0.2, 0.25) is 5.02 Å². The zero-order valence-corrected chi connectivity index (χ0v) is 12.8. The third kappa shape index (κ3) is 5.30. The summed E-state index contributed by atoms with van der Waals surface area (Å²) < 4.78 is 0. The number of nitrogen functional groups attached to an aromatic ring is 1. The zero-order chi connectivity index (χ0) is 14.3. The quantitative estimate of drug-likeness (QED) is 0.411. The third-order valence-electron chi connectivity index (χ3n) is 2.66. The highest BCUT2D eigenvalue weighted by molar-refractivity contribution is 7.99. The number of carbonyl (C=O) groups excluding carboxylic acids is 1. The molecular weight excluding hydrogens is 282 g/mol. The van der Waals surface area contributed by atoms with E-state index in [0.717, 1.165) is 17.9 Å². The molecule has 0 aromatic heterocycles. The Labute approximate surface area is 123 Å². The van der Waals surface area contributed by atoms with Crippen LogP contribution in [0.5, 0.6) is 0 Å². The summed E-state index contributed by atoms with van der Waals surface area (Å²) in [6.45, 7) is 4.12. The summed E-state index contributed by atoms with van der Waals surface area (Å²) in [6.07, 6.45) is 0.941. The van der Waals surface area contributed by atoms with Gasteiger partial charge in [-0.25, -0.2) is 0 Å². The molecule has 106 valence electrons. The maximum absolute atomic E-state index is 12.1. The van der Waals surface area contributed by atoms with Gasteiger partial charge in [0.1, 0.15) is 0 Å². The molecule has 0 spiro atoms. The summed E-state index contributed by atoms with van der Waals surface area (Å²) >= 11 is 7.77. The van der Waals surface area contributed by atoms with Crippen LogP contribution < -0.4 is 16.6 Å². The van der Waals surface area contributed by atoms with Gasteiger partial charge in [0.25, 0.3) is 5.91 Å². The minimum absolute atomic E-state index is 0.121. The summed E-state index contributed by atoms with van der Waals surface area (Å²) in [7, 11) is 0. The van der Waals surface area contributed by atoms with Crippen LogP contribution in [-0.4, -0.2) is 23.5 Å². The molecule has 19 heavy (non-hydrogen) atoms. The van der Waals surface area contributed by atoms with E-state index < -0.39 is 0 Å². The Balaban J connectivity index is 2.64. The molecule has 0 radical (unpaired) electrons. The molecule has 0 saturated heterocycles. The predicted molar refractivity (Wildman–Crippen MR) is 83.8 cm³/mol. The van der Waals surface area contributed by atoms with E-state index in [4.69, 9.17) is 17.4 Å². The van der Waals surface area contributed by atoms with Crippen molar-refractivity contribution < 1.29 is 4.79 Å². The molecular formula is C13H20ClN3OS. The smallest absolute Gasteiger partial charge is 0.253 e. The van der Waals surface area contributed by atoms with Crippen molar-refractivity contribution in [2.24, 2.45) is 5.84 Å². The lowest BCUT2D eigenvalue weighted by Gasteiger charge is -2.15. The molecule has 0 fully saturated rings. The number of halogens is 1. The maximum Gasteiger partial charge on any atom is 0.253 e. The van der Waals surface area contributed by atoms with Crippen molar-refractivity contribution in [2.75, 3.05) is 16.9 Å². The highest BCUT2D eigenvalue weighted by atomic mass is 35.5. The summed E-state index contributed by atoms with van der Waals surface area (Å²) in [5.41, 5.74) is 3.54. The number of nitrogens with one attached hydrogen (secondary N) is 2. The molecule has 1 aromatic rings. The van der Waals surface area contributed by atoms with Crippen molar-refractivity contribution in [2.45, 2.75) is 26.3 Å². The molecule has 0 heterocycles. The summed E-state index contributed by atoms with van der Waals surface area (Å²) in [6, 6.07) is 5.11. The number of amides is 1. The number of carbonyl (C=O) groups is 1. The van der Waals surface area contributed by atoms with Crippen molar-refractivity contribution in [3.05, 3.63) is 28.8 Å². The van der Waals surface area contributed by atoms with Gasteiger partial charge in [-0.1, -0.05) is 18.5 Å². The normalized spacial score (nSPS) is 12.0. The number of hydrogen-bond donors (Lipinski definition) is 3. The number of benzene rings is 1. The van der Waals surface area contributed by atoms with E-state index in [2.05, 4.69) is 17.7 Å². The molecule has 6 heteroatoms. The summed E-state index contributed by atoms with van der Waals surface area (Å²) in [5.74, 6) is 7.36. The van der Waals surface area contributed by atoms with Gasteiger partial charge in [-0.15, -0.1) is 0 Å². The van der Waals surface area contributed by atoms with Gasteiger partial charge in [0.2, 0.25) is 0 Å². The van der Waals surface area contributed by atoms with Crippen molar-refractivity contribution in [1.82, 2.24) is 5.32 Å². The highest BCUT2D eigenvalue weighted by Crippen LogP contribution is 2.20. The van der Waals surface area contributed by atoms with Gasteiger partial charge in [0.05, 0.1) is 11.3 Å². The lowest BCUT2D eigenvalue weighted by molar-refractivity contribution is 0.0940. The van der Waals surface area contributed by atoms with Gasteiger partial charge in [0.15, 0.2) is 0 Å². The zero-order valence-electron chi connectivity index (χ0n) is 11.2. The van der Waals surface area contributed by atoms with Crippen LogP contribution in [0.15, 0.2) is 18.2 Å². The van der Waals surface area contributed by atoms with Crippen LogP contribution in [0, 0.1) is 0 Å². The SMILES string of the molecule is CCSCCC(C)NC(=O)c1cc(Cl)ccc1NN. The summed E-state index contributed by atoms with van der Waals surface area (Å²) in [5, 5.41) is 3.46. The Morgan fingerprint density at radius 3 is 2.89 bits per heavy atom. The molecule has 0 saturated carbocycles. The van der Waals surface area contributed by atoms with Crippen molar-refractivity contribution in [3.8, 4) is 0 Å². The average molecular weight is 302 g/mol. The van der Waals surface area contributed by atoms with E-state index in [-0.39, 0.29) is 11.9 Å². The second-order valence-electron chi connectivity index (χ2n) is 4.19. The van der Waals surface area contributed by atoms with Crippen molar-refractivity contribution >= 4 is 35.0 Å². The molecule has 1 rings (SSSR count).